The average molecular weight is 411 g/mol. The second-order valence-corrected chi connectivity index (χ2v) is 9.44. The van der Waals surface area contributed by atoms with Crippen molar-refractivity contribution in [3.8, 4) is 5.75 Å². The van der Waals surface area contributed by atoms with E-state index in [1.807, 2.05) is 13.0 Å². The minimum absolute atomic E-state index is 0.237. The summed E-state index contributed by atoms with van der Waals surface area (Å²) in [6.45, 7) is 3.71. The van der Waals surface area contributed by atoms with Gasteiger partial charge < -0.3 is 14.8 Å². The molecule has 0 aliphatic carbocycles. The van der Waals surface area contributed by atoms with Gasteiger partial charge in [0.1, 0.15) is 9.96 Å². The Morgan fingerprint density at radius 3 is 2.70 bits per heavy atom. The summed E-state index contributed by atoms with van der Waals surface area (Å²) in [6, 6.07) is 8.56. The quantitative estimate of drug-likeness (QED) is 0.788. The molecule has 0 unspecified atom stereocenters. The van der Waals surface area contributed by atoms with Crippen molar-refractivity contribution < 1.29 is 22.7 Å². The van der Waals surface area contributed by atoms with E-state index in [0.29, 0.717) is 37.6 Å². The molecule has 2 aromatic rings. The number of benzene rings is 1. The summed E-state index contributed by atoms with van der Waals surface area (Å²) < 4.78 is 37.4. The van der Waals surface area contributed by atoms with Crippen molar-refractivity contribution in [3.63, 3.8) is 0 Å². The van der Waals surface area contributed by atoms with Gasteiger partial charge in [-0.05, 0) is 36.8 Å². The molecule has 7 nitrogen and oxygen atoms in total. The van der Waals surface area contributed by atoms with E-state index in [1.165, 1.54) is 15.6 Å². The molecular formula is C18H22N2O5S2. The summed E-state index contributed by atoms with van der Waals surface area (Å²) in [5.41, 5.74) is 1.44. The molecule has 27 heavy (non-hydrogen) atoms. The van der Waals surface area contributed by atoms with Gasteiger partial charge in [-0.2, -0.15) is 4.31 Å². The molecule has 1 N–H and O–H groups in total. The Kier molecular flexibility index (Phi) is 6.15. The number of amides is 1. The molecule has 0 radical (unpaired) electrons. The van der Waals surface area contributed by atoms with E-state index in [0.717, 1.165) is 10.4 Å². The fraction of sp³-hybridized carbons (Fsp3) is 0.389. The average Bonchev–Trinajstić information content (AvgIpc) is 3.17. The number of methoxy groups -OCH3 is 1. The highest BCUT2D eigenvalue weighted by Crippen LogP contribution is 2.26. The van der Waals surface area contributed by atoms with E-state index in [1.54, 1.807) is 31.4 Å². The third-order valence-corrected chi connectivity index (χ3v) is 7.75. The molecule has 1 saturated heterocycles. The number of hydrogen-bond acceptors (Lipinski definition) is 6. The summed E-state index contributed by atoms with van der Waals surface area (Å²) in [5.74, 6) is 0.414. The maximum Gasteiger partial charge on any atom is 0.252 e. The second kappa shape index (κ2) is 8.39. The molecule has 0 saturated carbocycles. The molecule has 1 aliphatic rings. The van der Waals surface area contributed by atoms with Crippen LogP contribution in [-0.4, -0.2) is 52.0 Å². The number of thiophene rings is 1. The standard InChI is InChI=1S/C18H22N2O5S2/c1-13-3-4-14(11-16(13)24-2)18(21)19-12-15-5-6-17(26-15)27(22,23)20-7-9-25-10-8-20/h3-6,11H,7-10,12H2,1-2H3,(H,19,21). The van der Waals surface area contributed by atoms with Crippen molar-refractivity contribution in [2.75, 3.05) is 33.4 Å². The summed E-state index contributed by atoms with van der Waals surface area (Å²) in [6.07, 6.45) is 0. The van der Waals surface area contributed by atoms with Gasteiger partial charge in [-0.25, -0.2) is 8.42 Å². The summed E-state index contributed by atoms with van der Waals surface area (Å²) >= 11 is 1.17. The number of morpholine rings is 1. The molecule has 0 spiro atoms. The van der Waals surface area contributed by atoms with Crippen molar-refractivity contribution >= 4 is 27.3 Å². The lowest BCUT2D eigenvalue weighted by Crippen LogP contribution is -2.40. The van der Waals surface area contributed by atoms with E-state index in [2.05, 4.69) is 5.32 Å². The monoisotopic (exact) mass is 410 g/mol. The van der Waals surface area contributed by atoms with E-state index in [4.69, 9.17) is 9.47 Å². The van der Waals surface area contributed by atoms with Crippen LogP contribution in [0.1, 0.15) is 20.8 Å². The van der Waals surface area contributed by atoms with Crippen LogP contribution in [0.4, 0.5) is 0 Å². The maximum atomic E-state index is 12.6. The first kappa shape index (κ1) is 19.8. The van der Waals surface area contributed by atoms with Crippen LogP contribution in [0.5, 0.6) is 5.75 Å². The van der Waals surface area contributed by atoms with Crippen LogP contribution in [0.15, 0.2) is 34.5 Å². The van der Waals surface area contributed by atoms with Gasteiger partial charge in [0.15, 0.2) is 0 Å². The van der Waals surface area contributed by atoms with Gasteiger partial charge in [-0.15, -0.1) is 11.3 Å². The molecular weight excluding hydrogens is 388 g/mol. The molecule has 0 bridgehead atoms. The fourth-order valence-electron chi connectivity index (χ4n) is 2.74. The summed E-state index contributed by atoms with van der Waals surface area (Å²) in [4.78, 5) is 13.1. The van der Waals surface area contributed by atoms with Crippen LogP contribution < -0.4 is 10.1 Å². The topological polar surface area (TPSA) is 84.9 Å². The molecule has 9 heteroatoms. The lowest BCUT2D eigenvalue weighted by molar-refractivity contribution is 0.0731. The predicted octanol–water partition coefficient (Wildman–Crippen LogP) is 2.02. The molecule has 3 rings (SSSR count). The van der Waals surface area contributed by atoms with Crippen molar-refractivity contribution in [1.82, 2.24) is 9.62 Å². The number of hydrogen-bond donors (Lipinski definition) is 1. The zero-order chi connectivity index (χ0) is 19.4. The van der Waals surface area contributed by atoms with Crippen LogP contribution in [-0.2, 0) is 21.3 Å². The Balaban J connectivity index is 1.65. The van der Waals surface area contributed by atoms with Crippen LogP contribution in [0.25, 0.3) is 0 Å². The van der Waals surface area contributed by atoms with Crippen LogP contribution in [0.3, 0.4) is 0 Å². The van der Waals surface area contributed by atoms with Crippen LogP contribution in [0.2, 0.25) is 0 Å². The van der Waals surface area contributed by atoms with E-state index >= 15 is 0 Å². The number of carbonyl (C=O) groups is 1. The Labute approximate surface area is 163 Å². The highest BCUT2D eigenvalue weighted by molar-refractivity contribution is 7.91. The zero-order valence-corrected chi connectivity index (χ0v) is 16.9. The molecule has 1 aromatic carbocycles. The van der Waals surface area contributed by atoms with Gasteiger partial charge in [0.25, 0.3) is 15.9 Å². The molecule has 146 valence electrons. The molecule has 2 heterocycles. The van der Waals surface area contributed by atoms with Crippen LogP contribution >= 0.6 is 11.3 Å². The number of nitrogens with zero attached hydrogens (tertiary/aromatic N) is 1. The van der Waals surface area contributed by atoms with Crippen LogP contribution in [0, 0.1) is 6.92 Å². The molecule has 1 amide bonds. The van der Waals surface area contributed by atoms with Gasteiger partial charge in [0, 0.05) is 23.5 Å². The normalized spacial score (nSPS) is 15.5. The largest absolute Gasteiger partial charge is 0.496 e. The van der Waals surface area contributed by atoms with Crippen molar-refractivity contribution in [1.29, 1.82) is 0 Å². The summed E-state index contributed by atoms with van der Waals surface area (Å²) in [7, 11) is -1.94. The van der Waals surface area contributed by atoms with Gasteiger partial charge in [0.2, 0.25) is 0 Å². The SMILES string of the molecule is COc1cc(C(=O)NCc2ccc(S(=O)(=O)N3CCOCC3)s2)ccc1C. The highest BCUT2D eigenvalue weighted by atomic mass is 32.2. The first-order valence-electron chi connectivity index (χ1n) is 8.51. The zero-order valence-electron chi connectivity index (χ0n) is 15.2. The Morgan fingerprint density at radius 1 is 1.26 bits per heavy atom. The first-order chi connectivity index (χ1) is 12.9. The molecule has 1 aliphatic heterocycles. The fourth-order valence-corrected chi connectivity index (χ4v) is 5.59. The van der Waals surface area contributed by atoms with Crippen molar-refractivity contribution in [3.05, 3.63) is 46.3 Å². The van der Waals surface area contributed by atoms with E-state index < -0.39 is 10.0 Å². The van der Waals surface area contributed by atoms with Crippen molar-refractivity contribution in [2.45, 2.75) is 17.7 Å². The third kappa shape index (κ3) is 4.49. The van der Waals surface area contributed by atoms with Gasteiger partial charge >= 0.3 is 0 Å². The number of rotatable bonds is 6. The Hall–Kier alpha value is -1.94. The lowest BCUT2D eigenvalue weighted by atomic mass is 10.1. The van der Waals surface area contributed by atoms with Gasteiger partial charge in [-0.3, -0.25) is 4.79 Å². The van der Waals surface area contributed by atoms with Crippen molar-refractivity contribution in [2.24, 2.45) is 0 Å². The minimum atomic E-state index is -3.50. The first-order valence-corrected chi connectivity index (χ1v) is 10.8. The summed E-state index contributed by atoms with van der Waals surface area (Å²) in [5, 5.41) is 2.82. The number of sulfonamides is 1. The minimum Gasteiger partial charge on any atom is -0.496 e. The van der Waals surface area contributed by atoms with E-state index in [-0.39, 0.29) is 16.7 Å². The smallest absolute Gasteiger partial charge is 0.252 e. The number of aryl methyl sites for hydroxylation is 1. The number of nitrogens with one attached hydrogen (secondary N) is 1. The van der Waals surface area contributed by atoms with Gasteiger partial charge in [0.05, 0.1) is 26.9 Å². The molecule has 1 fully saturated rings. The number of carbonyl (C=O) groups excluding carboxylic acids is 1. The van der Waals surface area contributed by atoms with Gasteiger partial charge in [-0.1, -0.05) is 6.07 Å². The lowest BCUT2D eigenvalue weighted by Gasteiger charge is -2.25. The Morgan fingerprint density at radius 2 is 2.00 bits per heavy atom. The Bertz CT molecular complexity index is 918. The molecule has 1 aromatic heterocycles. The predicted molar refractivity (Wildman–Crippen MR) is 103 cm³/mol. The third-order valence-electron chi connectivity index (χ3n) is 4.29. The van der Waals surface area contributed by atoms with E-state index in [9.17, 15) is 13.2 Å². The molecule has 0 atom stereocenters. The number of ether oxygens (including phenoxy) is 2. The maximum absolute atomic E-state index is 12.6. The second-order valence-electron chi connectivity index (χ2n) is 6.10. The highest BCUT2D eigenvalue weighted by Gasteiger charge is 2.27.